The minimum Gasteiger partial charge on any atom is -0.481 e. The lowest BCUT2D eigenvalue weighted by Crippen LogP contribution is -2.55. The molecule has 0 saturated carbocycles. The minimum atomic E-state index is -1.65. The van der Waals surface area contributed by atoms with Crippen LogP contribution < -0.4 is 22.1 Å². The van der Waals surface area contributed by atoms with Crippen LogP contribution in [0.3, 0.4) is 0 Å². The van der Waals surface area contributed by atoms with Gasteiger partial charge in [0.25, 0.3) is 0 Å². The number of amides is 3. The molecule has 136 valence electrons. The van der Waals surface area contributed by atoms with Crippen molar-refractivity contribution in [2.24, 2.45) is 11.5 Å². The summed E-state index contributed by atoms with van der Waals surface area (Å²) in [5.41, 5.74) is 10.5. The molecule has 0 bridgehead atoms. The predicted octanol–water partition coefficient (Wildman–Crippen LogP) is -2.96. The molecule has 0 rings (SSSR count). The Kier molecular flexibility index (Phi) is 9.42. The van der Waals surface area contributed by atoms with E-state index < -0.39 is 54.2 Å². The number of carboxylic acids is 2. The average molecular weight is 364 g/mol. The number of thiol groups is 1. The molecule has 3 unspecified atom stereocenters. The van der Waals surface area contributed by atoms with Crippen LogP contribution in [-0.4, -0.2) is 63.8 Å². The van der Waals surface area contributed by atoms with Gasteiger partial charge in [-0.15, -0.1) is 0 Å². The van der Waals surface area contributed by atoms with Crippen LogP contribution in [0.25, 0.3) is 0 Å². The van der Waals surface area contributed by atoms with Crippen molar-refractivity contribution >= 4 is 42.3 Å². The van der Waals surface area contributed by atoms with E-state index in [9.17, 15) is 24.0 Å². The molecule has 3 amide bonds. The Labute approximate surface area is 142 Å². The van der Waals surface area contributed by atoms with Crippen LogP contribution in [0.1, 0.15) is 19.3 Å². The zero-order chi connectivity index (χ0) is 18.9. The first-order valence-electron chi connectivity index (χ1n) is 6.78. The van der Waals surface area contributed by atoms with Gasteiger partial charge in [0, 0.05) is 12.2 Å². The van der Waals surface area contributed by atoms with Gasteiger partial charge in [-0.25, -0.2) is 4.79 Å². The van der Waals surface area contributed by atoms with E-state index in [1.54, 1.807) is 0 Å². The van der Waals surface area contributed by atoms with E-state index in [2.05, 4.69) is 17.9 Å². The summed E-state index contributed by atoms with van der Waals surface area (Å²) in [5, 5.41) is 21.7. The fourth-order valence-electron chi connectivity index (χ4n) is 1.55. The van der Waals surface area contributed by atoms with E-state index in [0.29, 0.717) is 0 Å². The van der Waals surface area contributed by atoms with E-state index >= 15 is 0 Å². The summed E-state index contributed by atoms with van der Waals surface area (Å²) in [6.07, 6.45) is -0.975. The van der Waals surface area contributed by atoms with Gasteiger partial charge < -0.3 is 32.3 Å². The summed E-state index contributed by atoms with van der Waals surface area (Å²) in [6.45, 7) is 0. The molecule has 0 aliphatic heterocycles. The van der Waals surface area contributed by atoms with E-state index in [1.165, 1.54) is 0 Å². The minimum absolute atomic E-state index is 0.0289. The Hall–Kier alpha value is -2.34. The first kappa shape index (κ1) is 21.7. The van der Waals surface area contributed by atoms with Crippen molar-refractivity contribution in [2.75, 3.05) is 5.75 Å². The molecule has 3 atom stereocenters. The van der Waals surface area contributed by atoms with Crippen molar-refractivity contribution in [1.29, 1.82) is 0 Å². The van der Waals surface area contributed by atoms with Crippen LogP contribution in [0.4, 0.5) is 0 Å². The molecule has 12 heteroatoms. The Morgan fingerprint density at radius 1 is 1.00 bits per heavy atom. The summed E-state index contributed by atoms with van der Waals surface area (Å²) in [7, 11) is 0. The van der Waals surface area contributed by atoms with Gasteiger partial charge in [0.1, 0.15) is 12.1 Å². The van der Waals surface area contributed by atoms with Crippen molar-refractivity contribution in [3.63, 3.8) is 0 Å². The molecule has 0 fully saturated rings. The fraction of sp³-hybridized carbons (Fsp3) is 0.583. The second-order valence-electron chi connectivity index (χ2n) is 4.85. The summed E-state index contributed by atoms with van der Waals surface area (Å²) in [4.78, 5) is 55.9. The van der Waals surface area contributed by atoms with E-state index in [0.717, 1.165) is 0 Å². The van der Waals surface area contributed by atoms with Gasteiger partial charge >= 0.3 is 11.9 Å². The van der Waals surface area contributed by atoms with Crippen molar-refractivity contribution in [2.45, 2.75) is 37.4 Å². The molecule has 0 aliphatic rings. The normalized spacial score (nSPS) is 14.1. The second kappa shape index (κ2) is 10.4. The zero-order valence-corrected chi connectivity index (χ0v) is 13.5. The molecule has 0 saturated heterocycles. The highest BCUT2D eigenvalue weighted by Crippen LogP contribution is 1.99. The first-order valence-corrected chi connectivity index (χ1v) is 7.41. The number of hydrogen-bond acceptors (Lipinski definition) is 7. The molecular weight excluding hydrogens is 344 g/mol. The summed E-state index contributed by atoms with van der Waals surface area (Å²) in [5.74, 6) is -5.44. The highest BCUT2D eigenvalue weighted by Gasteiger charge is 2.28. The van der Waals surface area contributed by atoms with E-state index in [1.807, 2.05) is 5.32 Å². The number of primary amides is 1. The lowest BCUT2D eigenvalue weighted by Gasteiger charge is -2.21. The number of aliphatic carboxylic acids is 2. The van der Waals surface area contributed by atoms with Gasteiger partial charge in [0.05, 0.1) is 12.5 Å². The van der Waals surface area contributed by atoms with Gasteiger partial charge in [-0.1, -0.05) is 0 Å². The van der Waals surface area contributed by atoms with Crippen LogP contribution in [0.2, 0.25) is 0 Å². The first-order chi connectivity index (χ1) is 11.1. The third-order valence-corrected chi connectivity index (χ3v) is 3.21. The molecule has 0 aromatic rings. The number of nitrogens with one attached hydrogen (secondary N) is 2. The second-order valence-corrected chi connectivity index (χ2v) is 5.22. The zero-order valence-electron chi connectivity index (χ0n) is 12.6. The molecule has 0 aromatic carbocycles. The SMILES string of the molecule is NC(=O)CCC(N)C(=O)NC(CS)C(=O)NC(CC(=O)O)C(=O)O. The molecule has 0 aliphatic carbocycles. The summed E-state index contributed by atoms with van der Waals surface area (Å²) < 4.78 is 0. The highest BCUT2D eigenvalue weighted by atomic mass is 32.1. The van der Waals surface area contributed by atoms with Crippen molar-refractivity contribution in [3.8, 4) is 0 Å². The molecule has 0 spiro atoms. The number of carboxylic acid groups (broad SMARTS) is 2. The third-order valence-electron chi connectivity index (χ3n) is 2.85. The molecule has 24 heavy (non-hydrogen) atoms. The Morgan fingerprint density at radius 2 is 1.54 bits per heavy atom. The largest absolute Gasteiger partial charge is 0.481 e. The highest BCUT2D eigenvalue weighted by molar-refractivity contribution is 7.80. The van der Waals surface area contributed by atoms with Crippen LogP contribution in [-0.2, 0) is 24.0 Å². The Balaban J connectivity index is 4.73. The average Bonchev–Trinajstić information content (AvgIpc) is 2.48. The van der Waals surface area contributed by atoms with Crippen molar-refractivity contribution in [1.82, 2.24) is 10.6 Å². The quantitative estimate of drug-likeness (QED) is 0.188. The van der Waals surface area contributed by atoms with Crippen LogP contribution in [0.15, 0.2) is 0 Å². The summed E-state index contributed by atoms with van der Waals surface area (Å²) in [6, 6.07) is -3.98. The Bertz CT molecular complexity index is 514. The standard InChI is InChI=1S/C12H20N4O7S/c13-5(1-2-8(14)17)10(20)16-7(4-24)11(21)15-6(12(22)23)3-9(18)19/h5-7,24H,1-4,13H2,(H2,14,17)(H,15,21)(H,16,20)(H,18,19)(H,22,23). The maximum Gasteiger partial charge on any atom is 0.326 e. The summed E-state index contributed by atoms with van der Waals surface area (Å²) >= 11 is 3.87. The van der Waals surface area contributed by atoms with Gasteiger partial charge in [-0.2, -0.15) is 12.6 Å². The van der Waals surface area contributed by atoms with Gasteiger partial charge in [0.15, 0.2) is 0 Å². The third kappa shape index (κ3) is 8.33. The Morgan fingerprint density at radius 3 is 1.96 bits per heavy atom. The lowest BCUT2D eigenvalue weighted by molar-refractivity contribution is -0.147. The molecule has 11 nitrogen and oxygen atoms in total. The van der Waals surface area contributed by atoms with Crippen LogP contribution >= 0.6 is 12.6 Å². The van der Waals surface area contributed by atoms with E-state index in [-0.39, 0.29) is 18.6 Å². The van der Waals surface area contributed by atoms with Crippen molar-refractivity contribution < 1.29 is 34.2 Å². The monoisotopic (exact) mass is 364 g/mol. The molecule has 0 aromatic heterocycles. The number of rotatable bonds is 11. The maximum atomic E-state index is 11.9. The van der Waals surface area contributed by atoms with Gasteiger partial charge in [-0.3, -0.25) is 19.2 Å². The smallest absolute Gasteiger partial charge is 0.326 e. The van der Waals surface area contributed by atoms with Gasteiger partial charge in [0.2, 0.25) is 17.7 Å². The van der Waals surface area contributed by atoms with Gasteiger partial charge in [-0.05, 0) is 6.42 Å². The predicted molar refractivity (Wildman–Crippen MR) is 84.0 cm³/mol. The number of hydrogen-bond donors (Lipinski definition) is 7. The van der Waals surface area contributed by atoms with Crippen molar-refractivity contribution in [3.05, 3.63) is 0 Å². The molecule has 0 radical (unpaired) electrons. The number of carbonyl (C=O) groups is 5. The van der Waals surface area contributed by atoms with Crippen LogP contribution in [0, 0.1) is 0 Å². The fourth-order valence-corrected chi connectivity index (χ4v) is 1.81. The van der Waals surface area contributed by atoms with Crippen LogP contribution in [0.5, 0.6) is 0 Å². The molecule has 0 heterocycles. The number of carbonyl (C=O) groups excluding carboxylic acids is 3. The maximum absolute atomic E-state index is 11.9. The molecular formula is C12H20N4O7S. The van der Waals surface area contributed by atoms with E-state index in [4.69, 9.17) is 21.7 Å². The lowest BCUT2D eigenvalue weighted by atomic mass is 10.1. The molecule has 8 N–H and O–H groups in total. The number of nitrogens with two attached hydrogens (primary N) is 2. The topological polar surface area (TPSA) is 202 Å².